The Morgan fingerprint density at radius 3 is 2.52 bits per heavy atom. The number of ether oxygens (including phenoxy) is 1. The molecule has 0 spiro atoms. The van der Waals surface area contributed by atoms with Crippen molar-refractivity contribution in [2.75, 3.05) is 32.4 Å². The van der Waals surface area contributed by atoms with Crippen molar-refractivity contribution in [3.8, 4) is 5.75 Å². The van der Waals surface area contributed by atoms with Gasteiger partial charge in [0.15, 0.2) is 0 Å². The maximum absolute atomic E-state index is 12.5. The molecule has 2 aliphatic heterocycles. The van der Waals surface area contributed by atoms with E-state index in [1.54, 1.807) is 17.0 Å². The fourth-order valence-electron chi connectivity index (χ4n) is 3.33. The van der Waals surface area contributed by atoms with Crippen LogP contribution in [0.15, 0.2) is 24.3 Å². The molecular weight excluding hydrogens is 342 g/mol. The van der Waals surface area contributed by atoms with Gasteiger partial charge in [0.2, 0.25) is 10.0 Å². The van der Waals surface area contributed by atoms with Gasteiger partial charge in [-0.3, -0.25) is 4.79 Å². The average molecular weight is 367 g/mol. The van der Waals surface area contributed by atoms with Gasteiger partial charge in [-0.15, -0.1) is 0 Å². The first-order valence-corrected chi connectivity index (χ1v) is 10.4. The van der Waals surface area contributed by atoms with E-state index in [4.69, 9.17) is 10.5 Å². The highest BCUT2D eigenvalue weighted by atomic mass is 32.2. The lowest BCUT2D eigenvalue weighted by molar-refractivity contribution is 0.0789. The van der Waals surface area contributed by atoms with Crippen LogP contribution in [0, 0.1) is 0 Å². The van der Waals surface area contributed by atoms with Gasteiger partial charge in [-0.25, -0.2) is 12.7 Å². The molecule has 1 atom stereocenters. The summed E-state index contributed by atoms with van der Waals surface area (Å²) in [5.41, 5.74) is 6.47. The van der Waals surface area contributed by atoms with Crippen molar-refractivity contribution in [1.29, 1.82) is 0 Å². The van der Waals surface area contributed by atoms with E-state index >= 15 is 0 Å². The Hall–Kier alpha value is -1.64. The summed E-state index contributed by atoms with van der Waals surface area (Å²) < 4.78 is 30.6. The third-order valence-electron chi connectivity index (χ3n) is 4.77. The average Bonchev–Trinajstić information content (AvgIpc) is 3.00. The van der Waals surface area contributed by atoms with E-state index in [1.165, 1.54) is 10.6 Å². The number of amides is 1. The molecule has 0 aromatic heterocycles. The van der Waals surface area contributed by atoms with Crippen molar-refractivity contribution in [1.82, 2.24) is 9.21 Å². The minimum atomic E-state index is -3.14. The van der Waals surface area contributed by atoms with Gasteiger partial charge in [0.25, 0.3) is 5.91 Å². The number of rotatable bonds is 4. The fraction of sp³-hybridized carbons (Fsp3) is 0.588. The van der Waals surface area contributed by atoms with Gasteiger partial charge in [-0.05, 0) is 37.5 Å². The summed E-state index contributed by atoms with van der Waals surface area (Å²) in [5.74, 6) is 0.623. The molecule has 0 bridgehead atoms. The summed E-state index contributed by atoms with van der Waals surface area (Å²) in [4.78, 5) is 14.3. The van der Waals surface area contributed by atoms with Gasteiger partial charge in [-0.1, -0.05) is 6.07 Å². The predicted octanol–water partition coefficient (Wildman–Crippen LogP) is 0.663. The van der Waals surface area contributed by atoms with Gasteiger partial charge in [0, 0.05) is 37.8 Å². The van der Waals surface area contributed by atoms with Crippen molar-refractivity contribution < 1.29 is 17.9 Å². The molecule has 2 saturated heterocycles. The molecule has 138 valence electrons. The topological polar surface area (TPSA) is 92.9 Å². The zero-order valence-electron chi connectivity index (χ0n) is 14.4. The van der Waals surface area contributed by atoms with E-state index in [1.807, 2.05) is 12.1 Å². The van der Waals surface area contributed by atoms with Gasteiger partial charge < -0.3 is 15.4 Å². The standard InChI is InChI=1S/C17H25N3O4S/c1-25(22,23)20-9-6-15(7-10-20)24-16-4-2-3-13(11-16)17(21)19-8-5-14(18)12-19/h2-4,11,14-15H,5-10,12,18H2,1H3. The summed E-state index contributed by atoms with van der Waals surface area (Å²) >= 11 is 0. The normalized spacial score (nSPS) is 23.0. The van der Waals surface area contributed by atoms with Crippen LogP contribution in [0.25, 0.3) is 0 Å². The number of hydrogen-bond acceptors (Lipinski definition) is 5. The SMILES string of the molecule is CS(=O)(=O)N1CCC(Oc2cccc(C(=O)N3CCC(N)C3)c2)CC1. The van der Waals surface area contributed by atoms with E-state index in [0.717, 1.165) is 6.42 Å². The highest BCUT2D eigenvalue weighted by Gasteiger charge is 2.27. The molecule has 3 rings (SSSR count). The van der Waals surface area contributed by atoms with Crippen LogP contribution in [0.4, 0.5) is 0 Å². The molecular formula is C17H25N3O4S. The third kappa shape index (κ3) is 4.50. The second kappa shape index (κ2) is 7.31. The molecule has 8 heteroatoms. The number of sulfonamides is 1. The van der Waals surface area contributed by atoms with Gasteiger partial charge in [-0.2, -0.15) is 0 Å². The van der Waals surface area contributed by atoms with Crippen LogP contribution in [0.3, 0.4) is 0 Å². The second-order valence-corrected chi connectivity index (χ2v) is 8.79. The van der Waals surface area contributed by atoms with E-state index in [-0.39, 0.29) is 18.1 Å². The van der Waals surface area contributed by atoms with Crippen LogP contribution in [0.1, 0.15) is 29.6 Å². The van der Waals surface area contributed by atoms with Crippen molar-refractivity contribution in [2.45, 2.75) is 31.4 Å². The first-order chi connectivity index (χ1) is 11.8. The number of hydrogen-bond donors (Lipinski definition) is 1. The lowest BCUT2D eigenvalue weighted by Gasteiger charge is -2.30. The Labute approximate surface area is 148 Å². The van der Waals surface area contributed by atoms with Gasteiger partial charge in [0.1, 0.15) is 11.9 Å². The lowest BCUT2D eigenvalue weighted by atomic mass is 10.1. The molecule has 25 heavy (non-hydrogen) atoms. The maximum atomic E-state index is 12.5. The van der Waals surface area contributed by atoms with E-state index in [2.05, 4.69) is 0 Å². The number of carbonyl (C=O) groups is 1. The summed E-state index contributed by atoms with van der Waals surface area (Å²) in [7, 11) is -3.14. The molecule has 2 N–H and O–H groups in total. The minimum absolute atomic E-state index is 0.0229. The predicted molar refractivity (Wildman–Crippen MR) is 95.0 cm³/mol. The number of likely N-dealkylation sites (tertiary alicyclic amines) is 1. The number of nitrogens with zero attached hydrogens (tertiary/aromatic N) is 2. The minimum Gasteiger partial charge on any atom is -0.490 e. The third-order valence-corrected chi connectivity index (χ3v) is 6.07. The monoisotopic (exact) mass is 367 g/mol. The van der Waals surface area contributed by atoms with E-state index < -0.39 is 10.0 Å². The van der Waals surface area contributed by atoms with Crippen molar-refractivity contribution >= 4 is 15.9 Å². The molecule has 0 radical (unpaired) electrons. The molecule has 1 unspecified atom stereocenters. The summed E-state index contributed by atoms with van der Waals surface area (Å²) in [6, 6.07) is 7.24. The molecule has 2 fully saturated rings. The van der Waals surface area contributed by atoms with Crippen LogP contribution >= 0.6 is 0 Å². The molecule has 1 amide bonds. The largest absolute Gasteiger partial charge is 0.490 e. The molecule has 0 aliphatic carbocycles. The molecule has 1 aromatic carbocycles. The Balaban J connectivity index is 1.60. The van der Waals surface area contributed by atoms with Crippen molar-refractivity contribution in [2.24, 2.45) is 5.73 Å². The van der Waals surface area contributed by atoms with Crippen molar-refractivity contribution in [3.05, 3.63) is 29.8 Å². The van der Waals surface area contributed by atoms with Crippen LogP contribution in [-0.2, 0) is 10.0 Å². The first kappa shape index (κ1) is 18.2. The summed E-state index contributed by atoms with van der Waals surface area (Å²) in [6.45, 7) is 2.21. The molecule has 2 aliphatic rings. The maximum Gasteiger partial charge on any atom is 0.254 e. The highest BCUT2D eigenvalue weighted by molar-refractivity contribution is 7.88. The van der Waals surface area contributed by atoms with Gasteiger partial charge in [0.05, 0.1) is 6.26 Å². The molecule has 7 nitrogen and oxygen atoms in total. The lowest BCUT2D eigenvalue weighted by Crippen LogP contribution is -2.41. The Morgan fingerprint density at radius 1 is 1.20 bits per heavy atom. The fourth-order valence-corrected chi connectivity index (χ4v) is 4.20. The van der Waals surface area contributed by atoms with Crippen LogP contribution in [0.5, 0.6) is 5.75 Å². The van der Waals surface area contributed by atoms with Gasteiger partial charge >= 0.3 is 0 Å². The van der Waals surface area contributed by atoms with E-state index in [0.29, 0.717) is 50.3 Å². The summed E-state index contributed by atoms with van der Waals surface area (Å²) in [5, 5.41) is 0. The molecule has 2 heterocycles. The Bertz CT molecular complexity index is 729. The van der Waals surface area contributed by atoms with E-state index in [9.17, 15) is 13.2 Å². The number of piperidine rings is 1. The Kier molecular flexibility index (Phi) is 5.31. The van der Waals surface area contributed by atoms with Crippen molar-refractivity contribution in [3.63, 3.8) is 0 Å². The number of carbonyl (C=O) groups excluding carboxylic acids is 1. The van der Waals surface area contributed by atoms with Crippen LogP contribution < -0.4 is 10.5 Å². The van der Waals surface area contributed by atoms with Crippen LogP contribution in [-0.4, -0.2) is 68.1 Å². The number of benzene rings is 1. The zero-order chi connectivity index (χ0) is 18.0. The zero-order valence-corrected chi connectivity index (χ0v) is 15.2. The van der Waals surface area contributed by atoms with Crippen LogP contribution in [0.2, 0.25) is 0 Å². The second-order valence-electron chi connectivity index (χ2n) is 6.81. The molecule has 1 aromatic rings. The Morgan fingerprint density at radius 2 is 1.92 bits per heavy atom. The highest BCUT2D eigenvalue weighted by Crippen LogP contribution is 2.22. The number of nitrogens with two attached hydrogens (primary N) is 1. The molecule has 0 saturated carbocycles. The quantitative estimate of drug-likeness (QED) is 0.844. The first-order valence-electron chi connectivity index (χ1n) is 8.59. The summed E-state index contributed by atoms with van der Waals surface area (Å²) in [6.07, 6.45) is 3.32. The smallest absolute Gasteiger partial charge is 0.254 e.